The summed E-state index contributed by atoms with van der Waals surface area (Å²) in [4.78, 5) is 24.6. The summed E-state index contributed by atoms with van der Waals surface area (Å²) in [6.07, 6.45) is 1.25. The highest BCUT2D eigenvalue weighted by Gasteiger charge is 2.25. The molecule has 1 unspecified atom stereocenters. The molecule has 0 spiro atoms. The molecular formula is C18H21FN4O2. The van der Waals surface area contributed by atoms with E-state index < -0.39 is 5.97 Å². The number of aromatic nitrogens is 2. The molecule has 132 valence electrons. The normalized spacial score (nSPS) is 18.2. The zero-order chi connectivity index (χ0) is 17.8. The topological polar surface area (TPSA) is 58.6 Å². The number of pyridine rings is 2. The monoisotopic (exact) mass is 344 g/mol. The minimum atomic E-state index is -0.428. The highest BCUT2D eigenvalue weighted by Crippen LogP contribution is 2.19. The zero-order valence-electron chi connectivity index (χ0n) is 14.4. The number of hydrogen-bond acceptors (Lipinski definition) is 6. The second-order valence-electron chi connectivity index (χ2n) is 6.12. The predicted octanol–water partition coefficient (Wildman–Crippen LogP) is 2.11. The van der Waals surface area contributed by atoms with Crippen LogP contribution in [-0.2, 0) is 11.3 Å². The van der Waals surface area contributed by atoms with Crippen molar-refractivity contribution in [3.05, 3.63) is 53.7 Å². The minimum Gasteiger partial charge on any atom is -0.464 e. The molecule has 0 bridgehead atoms. The van der Waals surface area contributed by atoms with Crippen molar-refractivity contribution < 1.29 is 13.9 Å². The number of piperazine rings is 1. The summed E-state index contributed by atoms with van der Waals surface area (Å²) in [5.74, 6) is 0.0355. The molecule has 1 atom stereocenters. The molecular weight excluding hydrogens is 323 g/mol. The van der Waals surface area contributed by atoms with Crippen LogP contribution in [0.1, 0.15) is 23.1 Å². The molecule has 6 nitrogen and oxygen atoms in total. The van der Waals surface area contributed by atoms with Crippen LogP contribution in [-0.4, -0.2) is 53.6 Å². The standard InChI is InChI=1S/C18H21FN4O2/c1-13-11-22(8-9-23(13)17-7-6-14(19)10-20-17)12-15-4-3-5-16(21-15)18(24)25-2/h3-7,10,13H,8-9,11-12H2,1-2H3. The number of methoxy groups -OCH3 is 1. The van der Waals surface area contributed by atoms with Gasteiger partial charge in [0.1, 0.15) is 17.3 Å². The summed E-state index contributed by atoms with van der Waals surface area (Å²) in [6.45, 7) is 5.27. The van der Waals surface area contributed by atoms with Crippen molar-refractivity contribution in [1.29, 1.82) is 0 Å². The van der Waals surface area contributed by atoms with Crippen LogP contribution in [0.5, 0.6) is 0 Å². The van der Waals surface area contributed by atoms with E-state index in [1.165, 1.54) is 19.4 Å². The number of esters is 1. The third-order valence-electron chi connectivity index (χ3n) is 4.30. The SMILES string of the molecule is COC(=O)c1cccc(CN2CCN(c3ccc(F)cn3)C(C)C2)n1. The van der Waals surface area contributed by atoms with Crippen LogP contribution in [0.4, 0.5) is 10.2 Å². The lowest BCUT2D eigenvalue weighted by Gasteiger charge is -2.40. The van der Waals surface area contributed by atoms with Crippen LogP contribution >= 0.6 is 0 Å². The number of rotatable bonds is 4. The van der Waals surface area contributed by atoms with Gasteiger partial charge >= 0.3 is 5.97 Å². The molecule has 1 aliphatic heterocycles. The van der Waals surface area contributed by atoms with Gasteiger partial charge < -0.3 is 9.64 Å². The van der Waals surface area contributed by atoms with Crippen LogP contribution in [0.15, 0.2) is 36.5 Å². The molecule has 0 N–H and O–H groups in total. The summed E-state index contributed by atoms with van der Waals surface area (Å²) in [5, 5.41) is 0. The average Bonchev–Trinajstić information content (AvgIpc) is 2.62. The van der Waals surface area contributed by atoms with Gasteiger partial charge in [0.05, 0.1) is 19.0 Å². The molecule has 3 rings (SSSR count). The third kappa shape index (κ3) is 4.11. The van der Waals surface area contributed by atoms with E-state index in [1.54, 1.807) is 12.1 Å². The van der Waals surface area contributed by atoms with Crippen molar-refractivity contribution in [1.82, 2.24) is 14.9 Å². The molecule has 1 fully saturated rings. The number of anilines is 1. The van der Waals surface area contributed by atoms with Crippen molar-refractivity contribution in [3.8, 4) is 0 Å². The van der Waals surface area contributed by atoms with E-state index in [-0.39, 0.29) is 11.9 Å². The second kappa shape index (κ2) is 7.57. The lowest BCUT2D eigenvalue weighted by molar-refractivity contribution is 0.0593. The fraction of sp³-hybridized carbons (Fsp3) is 0.389. The molecule has 2 aromatic rings. The number of carbonyl (C=O) groups is 1. The first kappa shape index (κ1) is 17.3. The number of carbonyl (C=O) groups excluding carboxylic acids is 1. The number of nitrogens with zero attached hydrogens (tertiary/aromatic N) is 4. The summed E-state index contributed by atoms with van der Waals surface area (Å²) < 4.78 is 17.8. The molecule has 0 aromatic carbocycles. The largest absolute Gasteiger partial charge is 0.464 e. The Kier molecular flexibility index (Phi) is 5.23. The molecule has 0 saturated carbocycles. The van der Waals surface area contributed by atoms with E-state index in [0.29, 0.717) is 12.2 Å². The molecule has 1 aliphatic rings. The van der Waals surface area contributed by atoms with Crippen LogP contribution in [0.2, 0.25) is 0 Å². The highest BCUT2D eigenvalue weighted by atomic mass is 19.1. The summed E-state index contributed by atoms with van der Waals surface area (Å²) in [7, 11) is 1.35. The molecule has 2 aromatic heterocycles. The summed E-state index contributed by atoms with van der Waals surface area (Å²) in [5.41, 5.74) is 1.16. The van der Waals surface area contributed by atoms with Crippen LogP contribution in [0, 0.1) is 5.82 Å². The van der Waals surface area contributed by atoms with E-state index in [0.717, 1.165) is 31.1 Å². The smallest absolute Gasteiger partial charge is 0.356 e. The number of halogens is 1. The average molecular weight is 344 g/mol. The Hall–Kier alpha value is -2.54. The van der Waals surface area contributed by atoms with Gasteiger partial charge in [0.25, 0.3) is 0 Å². The zero-order valence-corrected chi connectivity index (χ0v) is 14.4. The lowest BCUT2D eigenvalue weighted by Crippen LogP contribution is -2.52. The van der Waals surface area contributed by atoms with Crippen molar-refractivity contribution in [3.63, 3.8) is 0 Å². The maximum absolute atomic E-state index is 13.0. The molecule has 0 amide bonds. The predicted molar refractivity (Wildman–Crippen MR) is 91.9 cm³/mol. The van der Waals surface area contributed by atoms with Gasteiger partial charge in [-0.1, -0.05) is 6.07 Å². The van der Waals surface area contributed by atoms with Gasteiger partial charge in [-0.2, -0.15) is 0 Å². The molecule has 7 heteroatoms. The van der Waals surface area contributed by atoms with E-state index in [9.17, 15) is 9.18 Å². The van der Waals surface area contributed by atoms with Crippen molar-refractivity contribution in [2.24, 2.45) is 0 Å². The van der Waals surface area contributed by atoms with E-state index in [1.807, 2.05) is 12.1 Å². The molecule has 25 heavy (non-hydrogen) atoms. The van der Waals surface area contributed by atoms with Crippen molar-refractivity contribution in [2.75, 3.05) is 31.6 Å². The Labute approximate surface area is 146 Å². The maximum atomic E-state index is 13.0. The van der Waals surface area contributed by atoms with Crippen molar-refractivity contribution in [2.45, 2.75) is 19.5 Å². The van der Waals surface area contributed by atoms with Gasteiger partial charge in [-0.05, 0) is 31.2 Å². The fourth-order valence-corrected chi connectivity index (χ4v) is 3.07. The van der Waals surface area contributed by atoms with Gasteiger partial charge in [0.2, 0.25) is 0 Å². The number of hydrogen-bond donors (Lipinski definition) is 0. The minimum absolute atomic E-state index is 0.246. The van der Waals surface area contributed by atoms with Gasteiger partial charge in [-0.25, -0.2) is 19.2 Å². The second-order valence-corrected chi connectivity index (χ2v) is 6.12. The third-order valence-corrected chi connectivity index (χ3v) is 4.30. The molecule has 0 radical (unpaired) electrons. The Morgan fingerprint density at radius 2 is 2.16 bits per heavy atom. The first-order chi connectivity index (χ1) is 12.1. The Bertz CT molecular complexity index is 738. The van der Waals surface area contributed by atoms with Gasteiger partial charge in [-0.3, -0.25) is 4.90 Å². The number of ether oxygens (including phenoxy) is 1. The summed E-state index contributed by atoms with van der Waals surface area (Å²) in [6, 6.07) is 8.76. The quantitative estimate of drug-likeness (QED) is 0.792. The van der Waals surface area contributed by atoms with E-state index in [4.69, 9.17) is 4.74 Å². The van der Waals surface area contributed by atoms with E-state index in [2.05, 4.69) is 26.7 Å². The van der Waals surface area contributed by atoms with Gasteiger partial charge in [0, 0.05) is 32.2 Å². The first-order valence-corrected chi connectivity index (χ1v) is 8.21. The van der Waals surface area contributed by atoms with Crippen LogP contribution in [0.3, 0.4) is 0 Å². The lowest BCUT2D eigenvalue weighted by atomic mass is 10.1. The molecule has 3 heterocycles. The van der Waals surface area contributed by atoms with Crippen LogP contribution in [0.25, 0.3) is 0 Å². The maximum Gasteiger partial charge on any atom is 0.356 e. The van der Waals surface area contributed by atoms with Gasteiger partial charge in [0.15, 0.2) is 0 Å². The van der Waals surface area contributed by atoms with E-state index >= 15 is 0 Å². The van der Waals surface area contributed by atoms with Crippen LogP contribution < -0.4 is 4.90 Å². The first-order valence-electron chi connectivity index (χ1n) is 8.21. The molecule has 1 saturated heterocycles. The molecule has 0 aliphatic carbocycles. The highest BCUT2D eigenvalue weighted by molar-refractivity contribution is 5.87. The Morgan fingerprint density at radius 1 is 1.32 bits per heavy atom. The summed E-state index contributed by atoms with van der Waals surface area (Å²) >= 11 is 0. The Balaban J connectivity index is 1.63. The van der Waals surface area contributed by atoms with Crippen molar-refractivity contribution >= 4 is 11.8 Å². The van der Waals surface area contributed by atoms with Gasteiger partial charge in [-0.15, -0.1) is 0 Å². The Morgan fingerprint density at radius 3 is 2.84 bits per heavy atom. The fourth-order valence-electron chi connectivity index (χ4n) is 3.07.